The molecular weight excluding hydrogens is 802 g/mol. The Morgan fingerprint density at radius 2 is 0.892 bits per heavy atom. The Kier molecular flexibility index (Phi) is 7.52. The summed E-state index contributed by atoms with van der Waals surface area (Å²) in [7, 11) is -2.91. The van der Waals surface area contributed by atoms with E-state index >= 15 is 0 Å². The van der Waals surface area contributed by atoms with Crippen LogP contribution in [0.15, 0.2) is 255 Å². The van der Waals surface area contributed by atoms with E-state index in [1.807, 2.05) is 41.3 Å². The highest BCUT2D eigenvalue weighted by Crippen LogP contribution is 2.48. The van der Waals surface area contributed by atoms with Gasteiger partial charge >= 0.3 is 0 Å². The summed E-state index contributed by atoms with van der Waals surface area (Å²) in [5, 5.41) is 5.31. The van der Waals surface area contributed by atoms with E-state index < -0.39 is 26.2 Å². The first-order chi connectivity index (χ1) is 34.4. The van der Waals surface area contributed by atoms with Crippen LogP contribution in [-0.2, 0) is 0 Å². The average Bonchev–Trinajstić information content (AvgIpc) is 3.72. The van der Waals surface area contributed by atoms with E-state index in [4.69, 9.17) is 4.11 Å². The predicted molar refractivity (Wildman–Crippen MR) is 278 cm³/mol. The van der Waals surface area contributed by atoms with Crippen molar-refractivity contribution in [2.24, 2.45) is 0 Å². The van der Waals surface area contributed by atoms with Crippen LogP contribution in [0, 0.1) is 0 Å². The molecule has 0 atom stereocenters. The highest BCUT2D eigenvalue weighted by Gasteiger charge is 2.50. The predicted octanol–water partition coefficient (Wildman–Crippen LogP) is 10.6. The summed E-state index contributed by atoms with van der Waals surface area (Å²) in [6.07, 6.45) is 0. The molecule has 3 heterocycles. The van der Waals surface area contributed by atoms with Gasteiger partial charge in [-0.25, -0.2) is 0 Å². The lowest BCUT2D eigenvalue weighted by Crippen LogP contribution is -2.72. The number of hydrogen-bond donors (Lipinski definition) is 0. The lowest BCUT2D eigenvalue weighted by atomic mass is 9.33. The van der Waals surface area contributed by atoms with E-state index in [2.05, 4.69) is 198 Å². The summed E-state index contributed by atoms with van der Waals surface area (Å²) >= 11 is 0. The molecule has 10 aromatic rings. The second-order valence-corrected chi connectivity index (χ2v) is 20.6. The molecule has 65 heavy (non-hydrogen) atoms. The molecule has 0 saturated heterocycles. The fourth-order valence-electron chi connectivity index (χ4n) is 11.1. The smallest absolute Gasteiger partial charge is 0.252 e. The highest BCUT2D eigenvalue weighted by atomic mass is 28.3. The van der Waals surface area contributed by atoms with Crippen molar-refractivity contribution in [2.45, 2.75) is 0 Å². The van der Waals surface area contributed by atoms with E-state index in [9.17, 15) is 2.74 Å². The molecule has 0 fully saturated rings. The molecule has 304 valence electrons. The molecular formula is C60H42BN3Si. The fraction of sp³-hybridized carbons (Fsp3) is 0. The summed E-state index contributed by atoms with van der Waals surface area (Å²) in [5.74, 6) is 0. The summed E-state index contributed by atoms with van der Waals surface area (Å²) < 4.78 is 45.2. The second kappa shape index (κ2) is 15.0. The molecule has 3 aliphatic rings. The lowest BCUT2D eigenvalue weighted by molar-refractivity contribution is 1.23. The third kappa shape index (κ3) is 5.62. The zero-order chi connectivity index (χ0) is 47.3. The van der Waals surface area contributed by atoms with Crippen LogP contribution in [0.4, 0.5) is 51.2 Å². The van der Waals surface area contributed by atoms with Crippen LogP contribution in [0.3, 0.4) is 0 Å². The van der Waals surface area contributed by atoms with Crippen LogP contribution >= 0.6 is 0 Å². The van der Waals surface area contributed by atoms with E-state index in [1.54, 1.807) is 0 Å². The van der Waals surface area contributed by atoms with Gasteiger partial charge in [0.05, 0.1) is 12.5 Å². The zero-order valence-corrected chi connectivity index (χ0v) is 36.3. The van der Waals surface area contributed by atoms with Gasteiger partial charge in [0.25, 0.3) is 6.71 Å². The van der Waals surface area contributed by atoms with Gasteiger partial charge in [-0.05, 0) is 121 Å². The molecule has 0 spiro atoms. The second-order valence-electron chi connectivity index (χ2n) is 16.9. The summed E-state index contributed by atoms with van der Waals surface area (Å²) in [6, 6.07) is 78.1. The third-order valence-electron chi connectivity index (χ3n) is 13.6. The van der Waals surface area contributed by atoms with E-state index in [0.29, 0.717) is 11.4 Å². The lowest BCUT2D eigenvalue weighted by Gasteiger charge is -2.45. The van der Waals surface area contributed by atoms with Crippen molar-refractivity contribution in [3.05, 3.63) is 255 Å². The Balaban J connectivity index is 1.15. The Labute approximate surface area is 388 Å². The maximum absolute atomic E-state index is 9.41. The Morgan fingerprint density at radius 1 is 0.385 bits per heavy atom. The van der Waals surface area contributed by atoms with Crippen LogP contribution < -0.4 is 51.8 Å². The maximum Gasteiger partial charge on any atom is 0.252 e. The van der Waals surface area contributed by atoms with E-state index in [1.165, 1.54) is 42.8 Å². The van der Waals surface area contributed by atoms with Crippen LogP contribution in [-0.4, -0.2) is 14.8 Å². The molecule has 0 amide bonds. The number of benzene rings is 10. The Bertz CT molecular complexity index is 3640. The Hall–Kier alpha value is -8.12. The zero-order valence-electron chi connectivity index (χ0n) is 40.3. The molecule has 0 aliphatic carbocycles. The van der Waals surface area contributed by atoms with E-state index in [-0.39, 0.29) is 24.5 Å². The molecule has 0 aromatic heterocycles. The van der Waals surface area contributed by atoms with Gasteiger partial charge in [-0.15, -0.1) is 0 Å². The van der Waals surface area contributed by atoms with Crippen molar-refractivity contribution in [1.82, 2.24) is 0 Å². The van der Waals surface area contributed by atoms with Crippen LogP contribution in [0.25, 0.3) is 11.1 Å². The van der Waals surface area contributed by atoms with Crippen molar-refractivity contribution >= 4 is 103 Å². The quantitative estimate of drug-likeness (QED) is 0.148. The van der Waals surface area contributed by atoms with Gasteiger partial charge in [-0.3, -0.25) is 0 Å². The molecule has 10 aromatic carbocycles. The van der Waals surface area contributed by atoms with Crippen LogP contribution in [0.1, 0.15) is 6.85 Å². The van der Waals surface area contributed by atoms with Gasteiger partial charge < -0.3 is 14.7 Å². The normalized spacial score (nSPS) is 14.6. The summed E-state index contributed by atoms with van der Waals surface area (Å²) in [5.41, 5.74) is 13.3. The number of anilines is 9. The monoisotopic (exact) mass is 848 g/mol. The molecule has 0 unspecified atom stereocenters. The van der Waals surface area contributed by atoms with Crippen molar-refractivity contribution in [2.75, 3.05) is 14.7 Å². The van der Waals surface area contributed by atoms with E-state index in [0.717, 1.165) is 39.6 Å². The van der Waals surface area contributed by atoms with Gasteiger partial charge in [-0.1, -0.05) is 182 Å². The van der Waals surface area contributed by atoms with Crippen molar-refractivity contribution in [3.8, 4) is 11.1 Å². The summed E-state index contributed by atoms with van der Waals surface area (Å²) in [6.45, 7) is -0.158. The standard InChI is InChI=1S/C60H42BN3Si/c1-6-22-43(23-7-1)62(44-24-8-2-9-25-44)47-40-56-60-57(41-47)64(55-36-20-18-34-53(55)61(60)52-33-17-19-35-54(52)63(56)45-26-10-3-11-27-45)46-38-39-51-50-32-16-21-37-58(50)65(59(51)42-46,48-28-12-4-13-29-48)49-30-14-5-15-31-49/h1-42H/i1D,6D,7D,22D,23D. The van der Waals surface area contributed by atoms with Crippen LogP contribution in [0.2, 0.25) is 0 Å². The number of rotatable bonds is 7. The first kappa shape index (κ1) is 32.5. The number of nitrogens with zero attached hydrogens (tertiary/aromatic N) is 3. The highest BCUT2D eigenvalue weighted by molar-refractivity contribution is 7.22. The number of fused-ring (bicyclic) bond motifs is 7. The topological polar surface area (TPSA) is 9.72 Å². The van der Waals surface area contributed by atoms with Crippen molar-refractivity contribution in [3.63, 3.8) is 0 Å². The third-order valence-corrected chi connectivity index (χ3v) is 18.4. The molecule has 0 saturated carbocycles. The SMILES string of the molecule is [2H]c1c([2H])c([2H])c(N(c2ccccc2)c2cc3c4c(c2)N(c2ccc5c(c2)[Si](c2ccccc2)(c2ccccc2)c2ccccc2-5)c2ccccc2B4c2ccccc2N3c2ccccc2)c([2H])c1[2H]. The van der Waals surface area contributed by atoms with Crippen LogP contribution in [0.5, 0.6) is 0 Å². The minimum absolute atomic E-state index is 0.0722. The van der Waals surface area contributed by atoms with Gasteiger partial charge in [0, 0.05) is 45.5 Å². The largest absolute Gasteiger partial charge is 0.311 e. The molecule has 0 radical (unpaired) electrons. The molecule has 0 bridgehead atoms. The molecule has 0 N–H and O–H groups in total. The molecule has 5 heteroatoms. The van der Waals surface area contributed by atoms with Crippen molar-refractivity contribution in [1.29, 1.82) is 0 Å². The average molecular weight is 849 g/mol. The maximum atomic E-state index is 9.41. The minimum Gasteiger partial charge on any atom is -0.311 e. The molecule has 3 aliphatic heterocycles. The number of para-hydroxylation sites is 5. The number of hydrogen-bond acceptors (Lipinski definition) is 3. The van der Waals surface area contributed by atoms with Gasteiger partial charge in [0.1, 0.15) is 0 Å². The fourth-order valence-corrected chi connectivity index (χ4v) is 16.3. The van der Waals surface area contributed by atoms with Gasteiger partial charge in [0.2, 0.25) is 0 Å². The van der Waals surface area contributed by atoms with Gasteiger partial charge in [-0.2, -0.15) is 0 Å². The molecule has 3 nitrogen and oxygen atoms in total. The minimum atomic E-state index is -2.91. The molecule has 13 rings (SSSR count). The Morgan fingerprint density at radius 3 is 1.52 bits per heavy atom. The van der Waals surface area contributed by atoms with Gasteiger partial charge in [0.15, 0.2) is 8.07 Å². The first-order valence-corrected chi connectivity index (χ1v) is 24.1. The first-order valence-electron chi connectivity index (χ1n) is 24.6. The van der Waals surface area contributed by atoms with Crippen molar-refractivity contribution < 1.29 is 6.85 Å². The summed E-state index contributed by atoms with van der Waals surface area (Å²) in [4.78, 5) is 6.58.